The summed E-state index contributed by atoms with van der Waals surface area (Å²) in [6.07, 6.45) is 2.30. The van der Waals surface area contributed by atoms with Gasteiger partial charge in [0.2, 0.25) is 0 Å². The van der Waals surface area contributed by atoms with Crippen molar-refractivity contribution in [3.63, 3.8) is 0 Å². The van der Waals surface area contributed by atoms with Gasteiger partial charge in [0.15, 0.2) is 0 Å². The number of benzene rings is 3. The molecule has 0 bridgehead atoms. The molecule has 3 aromatic carbocycles. The van der Waals surface area contributed by atoms with Crippen LogP contribution < -0.4 is 5.32 Å². The molecular formula is C22H21N. The van der Waals surface area contributed by atoms with Crippen LogP contribution in [0.2, 0.25) is 0 Å². The van der Waals surface area contributed by atoms with Crippen LogP contribution in [0, 0.1) is 0 Å². The first-order chi connectivity index (χ1) is 11.4. The van der Waals surface area contributed by atoms with Crippen LogP contribution in [0.25, 0.3) is 11.1 Å². The van der Waals surface area contributed by atoms with Gasteiger partial charge in [-0.1, -0.05) is 78.9 Å². The van der Waals surface area contributed by atoms with Crippen LogP contribution in [-0.2, 0) is 19.4 Å². The summed E-state index contributed by atoms with van der Waals surface area (Å²) >= 11 is 0. The molecule has 1 aliphatic carbocycles. The van der Waals surface area contributed by atoms with E-state index in [1.807, 2.05) is 0 Å². The molecule has 0 unspecified atom stereocenters. The molecule has 0 heterocycles. The Morgan fingerprint density at radius 2 is 1.22 bits per heavy atom. The smallest absolute Gasteiger partial charge is 0.0208 e. The summed E-state index contributed by atoms with van der Waals surface area (Å²) in [5, 5.41) is 3.70. The summed E-state index contributed by atoms with van der Waals surface area (Å²) in [6.45, 7) is 0.938. The van der Waals surface area contributed by atoms with Gasteiger partial charge in [0.25, 0.3) is 0 Å². The summed E-state index contributed by atoms with van der Waals surface area (Å²) in [5.74, 6) is 0. The molecule has 0 radical (unpaired) electrons. The normalized spacial score (nSPS) is 13.9. The minimum Gasteiger partial charge on any atom is -0.309 e. The Bertz CT molecular complexity index is 750. The zero-order valence-electron chi connectivity index (χ0n) is 13.2. The standard InChI is InChI=1S/C22H21N/c1-2-6-18(7-3-1)19-12-10-17(11-13-19)16-23-22-14-20-8-4-5-9-21(20)15-22/h1-13,22-23H,14-16H2. The summed E-state index contributed by atoms with van der Waals surface area (Å²) in [4.78, 5) is 0. The highest BCUT2D eigenvalue weighted by Crippen LogP contribution is 2.22. The van der Waals surface area contributed by atoms with Gasteiger partial charge in [-0.2, -0.15) is 0 Å². The van der Waals surface area contributed by atoms with Crippen LogP contribution >= 0.6 is 0 Å². The molecule has 0 spiro atoms. The quantitative estimate of drug-likeness (QED) is 0.742. The van der Waals surface area contributed by atoms with Gasteiger partial charge < -0.3 is 5.32 Å². The van der Waals surface area contributed by atoms with E-state index in [0.29, 0.717) is 6.04 Å². The predicted octanol–water partition coefficient (Wildman–Crippen LogP) is 4.61. The molecule has 0 fully saturated rings. The lowest BCUT2D eigenvalue weighted by atomic mass is 10.0. The van der Waals surface area contributed by atoms with E-state index < -0.39 is 0 Å². The van der Waals surface area contributed by atoms with Gasteiger partial charge in [0, 0.05) is 12.6 Å². The molecule has 0 saturated carbocycles. The fraction of sp³-hybridized carbons (Fsp3) is 0.182. The summed E-state index contributed by atoms with van der Waals surface area (Å²) in [7, 11) is 0. The van der Waals surface area contributed by atoms with Gasteiger partial charge in [-0.05, 0) is 40.7 Å². The van der Waals surface area contributed by atoms with E-state index in [4.69, 9.17) is 0 Å². The number of nitrogens with one attached hydrogen (secondary N) is 1. The van der Waals surface area contributed by atoms with E-state index in [2.05, 4.69) is 84.2 Å². The third kappa shape index (κ3) is 3.20. The van der Waals surface area contributed by atoms with Gasteiger partial charge in [0.05, 0.1) is 0 Å². The van der Waals surface area contributed by atoms with Crippen LogP contribution in [0.5, 0.6) is 0 Å². The highest BCUT2D eigenvalue weighted by molar-refractivity contribution is 5.63. The predicted molar refractivity (Wildman–Crippen MR) is 96.4 cm³/mol. The fourth-order valence-corrected chi connectivity index (χ4v) is 3.41. The minimum atomic E-state index is 0.571. The van der Waals surface area contributed by atoms with Crippen LogP contribution in [0.1, 0.15) is 16.7 Å². The minimum absolute atomic E-state index is 0.571. The Morgan fingerprint density at radius 1 is 0.652 bits per heavy atom. The molecular weight excluding hydrogens is 278 g/mol. The van der Waals surface area contributed by atoms with Crippen molar-refractivity contribution in [3.05, 3.63) is 95.6 Å². The third-order valence-electron chi connectivity index (χ3n) is 4.71. The van der Waals surface area contributed by atoms with E-state index in [1.54, 1.807) is 0 Å². The Balaban J connectivity index is 1.37. The molecule has 0 atom stereocenters. The number of hydrogen-bond acceptors (Lipinski definition) is 1. The highest BCUT2D eigenvalue weighted by Gasteiger charge is 2.19. The first-order valence-electron chi connectivity index (χ1n) is 8.33. The summed E-state index contributed by atoms with van der Waals surface area (Å²) in [5.41, 5.74) is 6.91. The number of hydrogen-bond donors (Lipinski definition) is 1. The first kappa shape index (κ1) is 14.2. The highest BCUT2D eigenvalue weighted by atomic mass is 14.9. The second kappa shape index (κ2) is 6.39. The van der Waals surface area contributed by atoms with E-state index in [9.17, 15) is 0 Å². The van der Waals surface area contributed by atoms with Crippen molar-refractivity contribution >= 4 is 0 Å². The molecule has 23 heavy (non-hydrogen) atoms. The van der Waals surface area contributed by atoms with Crippen molar-refractivity contribution in [1.82, 2.24) is 5.32 Å². The molecule has 0 amide bonds. The third-order valence-corrected chi connectivity index (χ3v) is 4.71. The zero-order chi connectivity index (χ0) is 15.5. The molecule has 0 aliphatic heterocycles. The average molecular weight is 299 g/mol. The van der Waals surface area contributed by atoms with Crippen molar-refractivity contribution in [2.75, 3.05) is 0 Å². The van der Waals surface area contributed by atoms with Crippen molar-refractivity contribution in [3.8, 4) is 11.1 Å². The summed E-state index contributed by atoms with van der Waals surface area (Å²) < 4.78 is 0. The van der Waals surface area contributed by atoms with Crippen LogP contribution in [0.4, 0.5) is 0 Å². The Hall–Kier alpha value is -2.38. The van der Waals surface area contributed by atoms with Crippen molar-refractivity contribution in [1.29, 1.82) is 0 Å². The monoisotopic (exact) mass is 299 g/mol. The van der Waals surface area contributed by atoms with E-state index in [1.165, 1.54) is 27.8 Å². The van der Waals surface area contributed by atoms with E-state index >= 15 is 0 Å². The van der Waals surface area contributed by atoms with E-state index in [-0.39, 0.29) is 0 Å². The topological polar surface area (TPSA) is 12.0 Å². The van der Waals surface area contributed by atoms with Gasteiger partial charge >= 0.3 is 0 Å². The maximum atomic E-state index is 3.70. The molecule has 1 nitrogen and oxygen atoms in total. The number of fused-ring (bicyclic) bond motifs is 1. The molecule has 4 rings (SSSR count). The fourth-order valence-electron chi connectivity index (χ4n) is 3.41. The lowest BCUT2D eigenvalue weighted by molar-refractivity contribution is 0.533. The molecule has 0 saturated heterocycles. The van der Waals surface area contributed by atoms with Gasteiger partial charge in [-0.3, -0.25) is 0 Å². The maximum absolute atomic E-state index is 3.70. The second-order valence-corrected chi connectivity index (χ2v) is 6.32. The van der Waals surface area contributed by atoms with Crippen LogP contribution in [-0.4, -0.2) is 6.04 Å². The van der Waals surface area contributed by atoms with Crippen LogP contribution in [0.3, 0.4) is 0 Å². The lowest BCUT2D eigenvalue weighted by Crippen LogP contribution is -2.28. The van der Waals surface area contributed by atoms with Gasteiger partial charge in [-0.25, -0.2) is 0 Å². The molecule has 1 aliphatic rings. The molecule has 0 aromatic heterocycles. The average Bonchev–Trinajstić information content (AvgIpc) is 3.04. The maximum Gasteiger partial charge on any atom is 0.0208 e. The lowest BCUT2D eigenvalue weighted by Gasteiger charge is -2.12. The largest absolute Gasteiger partial charge is 0.309 e. The second-order valence-electron chi connectivity index (χ2n) is 6.32. The summed E-state index contributed by atoms with van der Waals surface area (Å²) in [6, 6.07) is 28.8. The first-order valence-corrected chi connectivity index (χ1v) is 8.33. The zero-order valence-corrected chi connectivity index (χ0v) is 13.2. The Labute approximate surface area is 138 Å². The molecule has 1 N–H and O–H groups in total. The van der Waals surface area contributed by atoms with Crippen LogP contribution in [0.15, 0.2) is 78.9 Å². The Kier molecular flexibility index (Phi) is 3.95. The molecule has 1 heteroatoms. The van der Waals surface area contributed by atoms with Crippen molar-refractivity contribution < 1.29 is 0 Å². The van der Waals surface area contributed by atoms with Crippen molar-refractivity contribution in [2.24, 2.45) is 0 Å². The van der Waals surface area contributed by atoms with Gasteiger partial charge in [-0.15, -0.1) is 0 Å². The molecule has 3 aromatic rings. The van der Waals surface area contributed by atoms with Gasteiger partial charge in [0.1, 0.15) is 0 Å². The van der Waals surface area contributed by atoms with Crippen molar-refractivity contribution in [2.45, 2.75) is 25.4 Å². The Morgan fingerprint density at radius 3 is 1.87 bits per heavy atom. The number of rotatable bonds is 4. The van der Waals surface area contributed by atoms with E-state index in [0.717, 1.165) is 19.4 Å². The SMILES string of the molecule is c1ccc(-c2ccc(CNC3Cc4ccccc4C3)cc2)cc1. The molecule has 114 valence electrons.